The van der Waals surface area contributed by atoms with Crippen LogP contribution in [0.5, 0.6) is 0 Å². The maximum absolute atomic E-state index is 5.87. The topological polar surface area (TPSA) is 26.0 Å². The number of nitrogens with two attached hydrogens (primary N) is 1. The fraction of sp³-hybridized carbons (Fsp3) is 1.00. The van der Waals surface area contributed by atoms with Gasteiger partial charge in [0, 0.05) is 6.04 Å². The summed E-state index contributed by atoms with van der Waals surface area (Å²) in [4.78, 5) is 0. The molecule has 0 aromatic heterocycles. The van der Waals surface area contributed by atoms with E-state index >= 15 is 0 Å². The van der Waals surface area contributed by atoms with Crippen LogP contribution in [-0.2, 0) is 0 Å². The van der Waals surface area contributed by atoms with E-state index in [9.17, 15) is 0 Å². The van der Waals surface area contributed by atoms with E-state index in [2.05, 4.69) is 27.7 Å². The highest BCUT2D eigenvalue weighted by Gasteiger charge is 2.24. The Morgan fingerprint density at radius 3 is 2.00 bits per heavy atom. The highest BCUT2D eigenvalue weighted by atomic mass is 14.7. The van der Waals surface area contributed by atoms with E-state index in [4.69, 9.17) is 5.73 Å². The van der Waals surface area contributed by atoms with Gasteiger partial charge in [-0.2, -0.15) is 0 Å². The van der Waals surface area contributed by atoms with Gasteiger partial charge in [-0.15, -0.1) is 0 Å². The minimum atomic E-state index is 0.331. The van der Waals surface area contributed by atoms with Gasteiger partial charge in [-0.05, 0) is 25.2 Å². The van der Waals surface area contributed by atoms with Gasteiger partial charge in [-0.3, -0.25) is 0 Å². The van der Waals surface area contributed by atoms with E-state index in [0.29, 0.717) is 11.5 Å². The molecular weight excluding hydrogens is 122 g/mol. The van der Waals surface area contributed by atoms with E-state index in [0.717, 1.165) is 0 Å². The van der Waals surface area contributed by atoms with Crippen LogP contribution in [0.2, 0.25) is 0 Å². The van der Waals surface area contributed by atoms with Crippen molar-refractivity contribution in [3.8, 4) is 0 Å². The van der Waals surface area contributed by atoms with Crippen molar-refractivity contribution in [2.24, 2.45) is 11.1 Å². The van der Waals surface area contributed by atoms with Crippen LogP contribution >= 0.6 is 0 Å². The van der Waals surface area contributed by atoms with E-state index in [1.165, 1.54) is 19.3 Å². The minimum Gasteiger partial charge on any atom is -0.327 e. The third kappa shape index (κ3) is 2.30. The highest BCUT2D eigenvalue weighted by molar-refractivity contribution is 4.80. The Hall–Kier alpha value is -0.0400. The number of hydrogen-bond donors (Lipinski definition) is 1. The molecule has 1 heteroatoms. The molecule has 0 aliphatic heterocycles. The fourth-order valence-corrected chi connectivity index (χ4v) is 1.30. The van der Waals surface area contributed by atoms with E-state index in [-0.39, 0.29) is 0 Å². The second-order valence-corrected chi connectivity index (χ2v) is 3.55. The van der Waals surface area contributed by atoms with Gasteiger partial charge in [-0.25, -0.2) is 0 Å². The minimum absolute atomic E-state index is 0.331. The van der Waals surface area contributed by atoms with Crippen LogP contribution in [0.4, 0.5) is 0 Å². The average Bonchev–Trinajstić information content (AvgIpc) is 1.88. The molecule has 0 amide bonds. The van der Waals surface area contributed by atoms with Gasteiger partial charge in [0.25, 0.3) is 0 Å². The number of hydrogen-bond acceptors (Lipinski definition) is 1. The molecule has 0 heterocycles. The summed E-state index contributed by atoms with van der Waals surface area (Å²) in [6.45, 7) is 8.83. The SMILES string of the molecule is CCCC(C)(CC)[C@H](C)N. The second-order valence-electron chi connectivity index (χ2n) is 3.55. The molecule has 0 fully saturated rings. The number of rotatable bonds is 4. The Balaban J connectivity index is 3.94. The summed E-state index contributed by atoms with van der Waals surface area (Å²) in [6, 6.07) is 0.331. The Kier molecular flexibility index (Phi) is 3.95. The second kappa shape index (κ2) is 3.97. The van der Waals surface area contributed by atoms with Crippen molar-refractivity contribution in [1.82, 2.24) is 0 Å². The first-order chi connectivity index (χ1) is 4.56. The molecule has 10 heavy (non-hydrogen) atoms. The van der Waals surface area contributed by atoms with Gasteiger partial charge < -0.3 is 5.73 Å². The zero-order valence-electron chi connectivity index (χ0n) is 7.78. The van der Waals surface area contributed by atoms with E-state index in [1.54, 1.807) is 0 Å². The summed E-state index contributed by atoms with van der Waals surface area (Å²) in [6.07, 6.45) is 3.69. The fourth-order valence-electron chi connectivity index (χ4n) is 1.30. The summed E-state index contributed by atoms with van der Waals surface area (Å²) in [5.41, 5.74) is 6.24. The molecule has 2 atom stereocenters. The predicted molar refractivity (Wildman–Crippen MR) is 47.0 cm³/mol. The van der Waals surface area contributed by atoms with Gasteiger partial charge in [0.15, 0.2) is 0 Å². The maximum Gasteiger partial charge on any atom is 0.00642 e. The molecular formula is C9H21N. The largest absolute Gasteiger partial charge is 0.327 e. The van der Waals surface area contributed by atoms with Gasteiger partial charge in [0.1, 0.15) is 0 Å². The third-order valence-electron chi connectivity index (χ3n) is 2.73. The van der Waals surface area contributed by atoms with Gasteiger partial charge >= 0.3 is 0 Å². The zero-order valence-corrected chi connectivity index (χ0v) is 7.78. The lowest BCUT2D eigenvalue weighted by molar-refractivity contribution is 0.232. The Morgan fingerprint density at radius 2 is 1.90 bits per heavy atom. The van der Waals surface area contributed by atoms with Crippen LogP contribution in [0.25, 0.3) is 0 Å². The van der Waals surface area contributed by atoms with Crippen LogP contribution in [0.15, 0.2) is 0 Å². The molecule has 0 rings (SSSR count). The molecule has 0 radical (unpaired) electrons. The van der Waals surface area contributed by atoms with Crippen LogP contribution in [-0.4, -0.2) is 6.04 Å². The lowest BCUT2D eigenvalue weighted by Crippen LogP contribution is -2.36. The molecule has 0 aromatic rings. The molecule has 0 aliphatic rings. The standard InChI is InChI=1S/C9H21N/c1-5-7-9(4,6-2)8(3)10/h8H,5-7,10H2,1-4H3/t8-,9?/m0/s1. The Labute approximate surface area is 65.0 Å². The Bertz CT molecular complexity index is 88.7. The zero-order chi connectivity index (χ0) is 8.20. The van der Waals surface area contributed by atoms with Crippen LogP contribution in [0.1, 0.15) is 47.0 Å². The summed E-state index contributed by atoms with van der Waals surface area (Å²) in [7, 11) is 0. The lowest BCUT2D eigenvalue weighted by Gasteiger charge is -2.32. The smallest absolute Gasteiger partial charge is 0.00642 e. The highest BCUT2D eigenvalue weighted by Crippen LogP contribution is 2.29. The van der Waals surface area contributed by atoms with Gasteiger partial charge in [0.05, 0.1) is 0 Å². The first kappa shape index (κ1) is 9.96. The molecule has 1 nitrogen and oxygen atoms in total. The predicted octanol–water partition coefficient (Wildman–Crippen LogP) is 2.55. The van der Waals surface area contributed by atoms with Gasteiger partial charge in [0.2, 0.25) is 0 Å². The molecule has 0 saturated carbocycles. The van der Waals surface area contributed by atoms with E-state index < -0.39 is 0 Å². The summed E-state index contributed by atoms with van der Waals surface area (Å²) < 4.78 is 0. The maximum atomic E-state index is 5.87. The van der Waals surface area contributed by atoms with Crippen molar-refractivity contribution in [3.63, 3.8) is 0 Å². The van der Waals surface area contributed by atoms with Crippen molar-refractivity contribution >= 4 is 0 Å². The van der Waals surface area contributed by atoms with Crippen molar-refractivity contribution in [2.45, 2.75) is 53.0 Å². The molecule has 0 aromatic carbocycles. The lowest BCUT2D eigenvalue weighted by atomic mass is 9.77. The van der Waals surface area contributed by atoms with Crippen LogP contribution in [0.3, 0.4) is 0 Å². The molecule has 0 spiro atoms. The van der Waals surface area contributed by atoms with E-state index in [1.807, 2.05) is 0 Å². The van der Waals surface area contributed by atoms with Crippen molar-refractivity contribution in [1.29, 1.82) is 0 Å². The monoisotopic (exact) mass is 143 g/mol. The Morgan fingerprint density at radius 1 is 1.40 bits per heavy atom. The molecule has 1 unspecified atom stereocenters. The van der Waals surface area contributed by atoms with Crippen LogP contribution < -0.4 is 5.73 Å². The summed E-state index contributed by atoms with van der Waals surface area (Å²) in [5.74, 6) is 0. The van der Waals surface area contributed by atoms with Crippen molar-refractivity contribution < 1.29 is 0 Å². The molecule has 0 bridgehead atoms. The normalized spacial score (nSPS) is 20.1. The average molecular weight is 143 g/mol. The third-order valence-corrected chi connectivity index (χ3v) is 2.73. The van der Waals surface area contributed by atoms with Crippen LogP contribution in [0, 0.1) is 5.41 Å². The quantitative estimate of drug-likeness (QED) is 0.643. The first-order valence-corrected chi connectivity index (χ1v) is 4.32. The van der Waals surface area contributed by atoms with Gasteiger partial charge in [-0.1, -0.05) is 27.2 Å². The summed E-state index contributed by atoms with van der Waals surface area (Å²) >= 11 is 0. The first-order valence-electron chi connectivity index (χ1n) is 4.32. The summed E-state index contributed by atoms with van der Waals surface area (Å²) in [5, 5.41) is 0. The molecule has 0 aliphatic carbocycles. The molecule has 62 valence electrons. The molecule has 2 N–H and O–H groups in total. The van der Waals surface area contributed by atoms with Crippen molar-refractivity contribution in [3.05, 3.63) is 0 Å². The molecule has 0 saturated heterocycles. The van der Waals surface area contributed by atoms with Crippen molar-refractivity contribution in [2.75, 3.05) is 0 Å².